The van der Waals surface area contributed by atoms with Crippen molar-refractivity contribution in [2.75, 3.05) is 0 Å². The topological polar surface area (TPSA) is 39.1 Å². The first-order valence-corrected chi connectivity index (χ1v) is 9.28. The number of aldehydes is 1. The van der Waals surface area contributed by atoms with Gasteiger partial charge in [-0.2, -0.15) is 0 Å². The van der Waals surface area contributed by atoms with Gasteiger partial charge in [0, 0.05) is 22.5 Å². The summed E-state index contributed by atoms with van der Waals surface area (Å²) in [6, 6.07) is 13.4. The third-order valence-corrected chi connectivity index (χ3v) is 5.07. The summed E-state index contributed by atoms with van der Waals surface area (Å²) in [5, 5.41) is 2.13. The average Bonchev–Trinajstić information content (AvgIpc) is 2.60. The Morgan fingerprint density at radius 2 is 1.88 bits per heavy atom. The molecule has 0 N–H and O–H groups in total. The van der Waals surface area contributed by atoms with Gasteiger partial charge in [0.25, 0.3) is 5.56 Å². The predicted molar refractivity (Wildman–Crippen MR) is 106 cm³/mol. The fraction of sp³-hybridized carbons (Fsp3) is 0.238. The molecule has 128 valence electrons. The van der Waals surface area contributed by atoms with Crippen LogP contribution in [0.1, 0.15) is 42.3 Å². The first kappa shape index (κ1) is 17.6. The van der Waals surface area contributed by atoms with Crippen LogP contribution in [0.5, 0.6) is 0 Å². The zero-order chi connectivity index (χ0) is 18.2. The van der Waals surface area contributed by atoms with E-state index in [9.17, 15) is 9.59 Å². The van der Waals surface area contributed by atoms with Gasteiger partial charge in [-0.05, 0) is 40.1 Å². The standard InChI is InChI=1S/C21H20BrNO2/c1-21(2,3)16-7-8-17-14(11-16)9-10-23(20(17)25)19-6-4-5-15(12-22)18(19)13-24/h4-11,13H,12H2,1-3H3. The molecule has 0 saturated carbocycles. The smallest absolute Gasteiger partial charge is 0.262 e. The molecule has 3 rings (SSSR count). The molecule has 0 fully saturated rings. The first-order valence-electron chi connectivity index (χ1n) is 8.16. The van der Waals surface area contributed by atoms with E-state index in [1.807, 2.05) is 30.3 Å². The van der Waals surface area contributed by atoms with Crippen LogP contribution in [0.25, 0.3) is 16.5 Å². The fourth-order valence-corrected chi connectivity index (χ4v) is 3.45. The summed E-state index contributed by atoms with van der Waals surface area (Å²) in [6.07, 6.45) is 2.56. The Kier molecular flexibility index (Phi) is 4.65. The lowest BCUT2D eigenvalue weighted by atomic mass is 9.86. The third-order valence-electron chi connectivity index (χ3n) is 4.46. The number of carbonyl (C=O) groups excluding carboxylic acids is 1. The second-order valence-corrected chi connectivity index (χ2v) is 7.71. The summed E-state index contributed by atoms with van der Waals surface area (Å²) in [4.78, 5) is 24.6. The van der Waals surface area contributed by atoms with Crippen molar-refractivity contribution in [3.63, 3.8) is 0 Å². The third kappa shape index (κ3) is 3.19. The van der Waals surface area contributed by atoms with Crippen LogP contribution in [0, 0.1) is 0 Å². The lowest BCUT2D eigenvalue weighted by Crippen LogP contribution is -2.20. The van der Waals surface area contributed by atoms with Crippen LogP contribution in [0.15, 0.2) is 53.5 Å². The van der Waals surface area contributed by atoms with Gasteiger partial charge in [-0.25, -0.2) is 0 Å². The van der Waals surface area contributed by atoms with E-state index < -0.39 is 0 Å². The quantitative estimate of drug-likeness (QED) is 0.460. The second kappa shape index (κ2) is 6.60. The van der Waals surface area contributed by atoms with Gasteiger partial charge in [-0.1, -0.05) is 61.0 Å². The number of nitrogens with zero attached hydrogens (tertiary/aromatic N) is 1. The van der Waals surface area contributed by atoms with Crippen molar-refractivity contribution >= 4 is 33.0 Å². The molecule has 0 amide bonds. The molecule has 1 aromatic heterocycles. The van der Waals surface area contributed by atoms with Crippen molar-refractivity contribution in [3.05, 3.63) is 75.7 Å². The summed E-state index contributed by atoms with van der Waals surface area (Å²) >= 11 is 3.39. The second-order valence-electron chi connectivity index (χ2n) is 7.14. The Hall–Kier alpha value is -2.20. The number of alkyl halides is 1. The summed E-state index contributed by atoms with van der Waals surface area (Å²) in [5.41, 5.74) is 3.10. The molecule has 0 spiro atoms. The minimum atomic E-state index is -0.118. The summed E-state index contributed by atoms with van der Waals surface area (Å²) in [6.45, 7) is 6.45. The van der Waals surface area contributed by atoms with Gasteiger partial charge in [0.2, 0.25) is 0 Å². The molecule has 0 atom stereocenters. The number of rotatable bonds is 3. The van der Waals surface area contributed by atoms with E-state index in [1.54, 1.807) is 16.8 Å². The summed E-state index contributed by atoms with van der Waals surface area (Å²) in [5.74, 6) is 0. The van der Waals surface area contributed by atoms with E-state index in [-0.39, 0.29) is 11.0 Å². The molecular weight excluding hydrogens is 378 g/mol. The number of hydrogen-bond donors (Lipinski definition) is 0. The number of pyridine rings is 1. The minimum Gasteiger partial charge on any atom is -0.298 e. The van der Waals surface area contributed by atoms with E-state index >= 15 is 0 Å². The predicted octanol–water partition coefficient (Wildman–Crippen LogP) is 5.00. The number of hydrogen-bond acceptors (Lipinski definition) is 2. The molecule has 0 unspecified atom stereocenters. The van der Waals surface area contributed by atoms with E-state index in [0.717, 1.165) is 17.2 Å². The van der Waals surface area contributed by atoms with Crippen molar-refractivity contribution in [2.45, 2.75) is 31.5 Å². The zero-order valence-electron chi connectivity index (χ0n) is 14.5. The van der Waals surface area contributed by atoms with E-state index in [4.69, 9.17) is 0 Å². The molecule has 4 heteroatoms. The fourth-order valence-electron chi connectivity index (χ4n) is 2.97. The number of halogens is 1. The average molecular weight is 398 g/mol. The van der Waals surface area contributed by atoms with E-state index in [2.05, 4.69) is 42.8 Å². The lowest BCUT2D eigenvalue weighted by molar-refractivity contribution is 0.112. The van der Waals surface area contributed by atoms with Crippen LogP contribution in [-0.4, -0.2) is 10.9 Å². The van der Waals surface area contributed by atoms with Crippen LogP contribution < -0.4 is 5.56 Å². The summed E-state index contributed by atoms with van der Waals surface area (Å²) < 4.78 is 1.55. The number of carbonyl (C=O) groups is 1. The van der Waals surface area contributed by atoms with Crippen LogP contribution in [0.2, 0.25) is 0 Å². The van der Waals surface area contributed by atoms with Gasteiger partial charge in [-0.15, -0.1) is 0 Å². The van der Waals surface area contributed by atoms with Crippen LogP contribution in [0.4, 0.5) is 0 Å². The van der Waals surface area contributed by atoms with E-state index in [1.165, 1.54) is 5.56 Å². The van der Waals surface area contributed by atoms with Crippen LogP contribution >= 0.6 is 15.9 Å². The van der Waals surface area contributed by atoms with Crippen molar-refractivity contribution in [1.29, 1.82) is 0 Å². The van der Waals surface area contributed by atoms with Gasteiger partial charge < -0.3 is 0 Å². The van der Waals surface area contributed by atoms with Crippen LogP contribution in [0.3, 0.4) is 0 Å². The van der Waals surface area contributed by atoms with Crippen molar-refractivity contribution in [2.24, 2.45) is 0 Å². The van der Waals surface area contributed by atoms with Crippen molar-refractivity contribution in [1.82, 2.24) is 4.57 Å². The molecule has 3 aromatic rings. The van der Waals surface area contributed by atoms with Gasteiger partial charge in [-0.3, -0.25) is 14.2 Å². The van der Waals surface area contributed by atoms with Gasteiger partial charge in [0.05, 0.1) is 5.69 Å². The molecule has 0 aliphatic rings. The molecule has 2 aromatic carbocycles. The Labute approximate surface area is 155 Å². The number of aromatic nitrogens is 1. The van der Waals surface area contributed by atoms with E-state index in [0.29, 0.717) is 22.0 Å². The molecule has 0 aliphatic carbocycles. The maximum Gasteiger partial charge on any atom is 0.262 e. The van der Waals surface area contributed by atoms with Crippen molar-refractivity contribution in [3.8, 4) is 5.69 Å². The maximum atomic E-state index is 13.0. The highest BCUT2D eigenvalue weighted by molar-refractivity contribution is 9.08. The molecule has 25 heavy (non-hydrogen) atoms. The van der Waals surface area contributed by atoms with Gasteiger partial charge in [0.15, 0.2) is 6.29 Å². The Balaban J connectivity index is 2.25. The highest BCUT2D eigenvalue weighted by atomic mass is 79.9. The molecule has 1 heterocycles. The minimum absolute atomic E-state index is 0.0257. The van der Waals surface area contributed by atoms with Gasteiger partial charge in [0.1, 0.15) is 0 Å². The highest BCUT2D eigenvalue weighted by Crippen LogP contribution is 2.25. The Morgan fingerprint density at radius 1 is 1.12 bits per heavy atom. The van der Waals surface area contributed by atoms with Crippen LogP contribution in [-0.2, 0) is 10.7 Å². The molecule has 0 saturated heterocycles. The summed E-state index contributed by atoms with van der Waals surface area (Å²) in [7, 11) is 0. The molecule has 0 radical (unpaired) electrons. The zero-order valence-corrected chi connectivity index (χ0v) is 16.1. The molecule has 0 aliphatic heterocycles. The SMILES string of the molecule is CC(C)(C)c1ccc2c(=O)n(-c3cccc(CBr)c3C=O)ccc2c1. The number of fused-ring (bicyclic) bond motifs is 1. The molecule has 0 bridgehead atoms. The first-order chi connectivity index (χ1) is 11.9. The molecule has 3 nitrogen and oxygen atoms in total. The molecular formula is C21H20BrNO2. The largest absolute Gasteiger partial charge is 0.298 e. The Morgan fingerprint density at radius 3 is 2.52 bits per heavy atom. The highest BCUT2D eigenvalue weighted by Gasteiger charge is 2.16. The monoisotopic (exact) mass is 397 g/mol. The Bertz CT molecular complexity index is 1010. The lowest BCUT2D eigenvalue weighted by Gasteiger charge is -2.19. The normalized spacial score (nSPS) is 11.7. The van der Waals surface area contributed by atoms with Crippen molar-refractivity contribution < 1.29 is 4.79 Å². The van der Waals surface area contributed by atoms with Gasteiger partial charge >= 0.3 is 0 Å². The number of benzene rings is 2. The maximum absolute atomic E-state index is 13.0.